The zero-order valence-electron chi connectivity index (χ0n) is 17.7. The lowest BCUT2D eigenvalue weighted by molar-refractivity contribution is -0.395. The van der Waals surface area contributed by atoms with Gasteiger partial charge in [0.2, 0.25) is 0 Å². The van der Waals surface area contributed by atoms with Gasteiger partial charge in [0.15, 0.2) is 0 Å². The standard InChI is InChI=1S/C19H21N5O8S/c1-3-4-9-20-19(26)22-33(31,32)15-7-5-14(6-8-15)21-18(25)13-10-16(23(27)28)12(2)17(11-13)24(29)30/h5-8,10-11H,3-4,9H2,1-2H3,(H,21,25)(H2,20,22,26). The van der Waals surface area contributed by atoms with E-state index in [1.807, 2.05) is 11.6 Å². The zero-order chi connectivity index (χ0) is 24.8. The molecule has 2 aromatic carbocycles. The molecule has 3 N–H and O–H groups in total. The topological polar surface area (TPSA) is 191 Å². The molecule has 0 aromatic heterocycles. The van der Waals surface area contributed by atoms with E-state index in [4.69, 9.17) is 0 Å². The maximum atomic E-state index is 12.5. The predicted molar refractivity (Wildman–Crippen MR) is 118 cm³/mol. The van der Waals surface area contributed by atoms with E-state index in [0.29, 0.717) is 13.0 Å². The molecule has 176 valence electrons. The van der Waals surface area contributed by atoms with Crippen LogP contribution in [0.5, 0.6) is 0 Å². The van der Waals surface area contributed by atoms with Crippen LogP contribution in [-0.2, 0) is 10.0 Å². The molecule has 14 heteroatoms. The Hall–Kier alpha value is -4.07. The van der Waals surface area contributed by atoms with Gasteiger partial charge in [-0.1, -0.05) is 13.3 Å². The molecule has 0 heterocycles. The molecule has 0 aliphatic heterocycles. The number of urea groups is 1. The molecule has 0 aliphatic carbocycles. The smallest absolute Gasteiger partial charge is 0.328 e. The Balaban J connectivity index is 2.18. The van der Waals surface area contributed by atoms with Crippen molar-refractivity contribution < 1.29 is 27.9 Å². The summed E-state index contributed by atoms with van der Waals surface area (Å²) in [6.45, 7) is 3.44. The van der Waals surface area contributed by atoms with Crippen molar-refractivity contribution in [1.29, 1.82) is 0 Å². The molecular formula is C19H21N5O8S. The van der Waals surface area contributed by atoms with Crippen molar-refractivity contribution in [3.8, 4) is 0 Å². The average molecular weight is 479 g/mol. The number of nitro groups is 2. The van der Waals surface area contributed by atoms with Crippen molar-refractivity contribution in [1.82, 2.24) is 10.0 Å². The fourth-order valence-corrected chi connectivity index (χ4v) is 3.64. The maximum absolute atomic E-state index is 12.5. The lowest BCUT2D eigenvalue weighted by Gasteiger charge is -2.10. The third-order valence-corrected chi connectivity index (χ3v) is 5.82. The molecule has 0 aliphatic rings. The largest absolute Gasteiger partial charge is 0.337 e. The van der Waals surface area contributed by atoms with Crippen molar-refractivity contribution in [2.75, 3.05) is 11.9 Å². The van der Waals surface area contributed by atoms with E-state index in [0.717, 1.165) is 30.7 Å². The summed E-state index contributed by atoms with van der Waals surface area (Å²) >= 11 is 0. The van der Waals surface area contributed by atoms with Crippen molar-refractivity contribution in [2.24, 2.45) is 0 Å². The van der Waals surface area contributed by atoms with Crippen LogP contribution in [0.15, 0.2) is 41.3 Å². The molecule has 3 amide bonds. The number of unbranched alkanes of at least 4 members (excludes halogenated alkanes) is 1. The zero-order valence-corrected chi connectivity index (χ0v) is 18.5. The van der Waals surface area contributed by atoms with E-state index in [1.54, 1.807) is 0 Å². The Kier molecular flexibility index (Phi) is 8.01. The van der Waals surface area contributed by atoms with E-state index < -0.39 is 43.2 Å². The molecule has 0 saturated carbocycles. The highest BCUT2D eigenvalue weighted by Gasteiger charge is 2.25. The number of anilines is 1. The first-order chi connectivity index (χ1) is 15.5. The summed E-state index contributed by atoms with van der Waals surface area (Å²) in [6.07, 6.45) is 1.51. The van der Waals surface area contributed by atoms with E-state index in [2.05, 4.69) is 10.6 Å². The molecule has 0 fully saturated rings. The molecule has 0 unspecified atom stereocenters. The lowest BCUT2D eigenvalue weighted by Crippen LogP contribution is -2.39. The van der Waals surface area contributed by atoms with Gasteiger partial charge < -0.3 is 10.6 Å². The third kappa shape index (κ3) is 6.46. The summed E-state index contributed by atoms with van der Waals surface area (Å²) in [5.74, 6) is -0.870. The molecule has 13 nitrogen and oxygen atoms in total. The number of carbonyl (C=O) groups is 2. The molecular weight excluding hydrogens is 458 g/mol. The maximum Gasteiger partial charge on any atom is 0.328 e. The Bertz CT molecular complexity index is 1160. The van der Waals surface area contributed by atoms with Crippen molar-refractivity contribution in [2.45, 2.75) is 31.6 Å². The first kappa shape index (κ1) is 25.2. The fraction of sp³-hybridized carbons (Fsp3) is 0.263. The summed E-state index contributed by atoms with van der Waals surface area (Å²) in [7, 11) is -4.15. The van der Waals surface area contributed by atoms with Gasteiger partial charge in [0, 0.05) is 24.4 Å². The van der Waals surface area contributed by atoms with Gasteiger partial charge in [-0.25, -0.2) is 17.9 Å². The second-order valence-electron chi connectivity index (χ2n) is 6.85. The van der Waals surface area contributed by atoms with Crippen LogP contribution in [0.4, 0.5) is 21.9 Å². The number of amides is 3. The number of hydrogen-bond donors (Lipinski definition) is 3. The highest BCUT2D eigenvalue weighted by Crippen LogP contribution is 2.29. The van der Waals surface area contributed by atoms with Crippen molar-refractivity contribution in [3.63, 3.8) is 0 Å². The number of nitro benzene ring substituents is 2. The Morgan fingerprint density at radius 3 is 2.03 bits per heavy atom. The molecule has 33 heavy (non-hydrogen) atoms. The summed E-state index contributed by atoms with van der Waals surface area (Å²) in [5, 5.41) is 27.1. The molecule has 2 rings (SSSR count). The van der Waals surface area contributed by atoms with E-state index in [9.17, 15) is 38.2 Å². The van der Waals surface area contributed by atoms with Crippen LogP contribution in [0.1, 0.15) is 35.7 Å². The predicted octanol–water partition coefficient (Wildman–Crippen LogP) is 2.85. The number of nitrogens with one attached hydrogen (secondary N) is 3. The Morgan fingerprint density at radius 2 is 1.55 bits per heavy atom. The lowest BCUT2D eigenvalue weighted by atomic mass is 10.1. The highest BCUT2D eigenvalue weighted by atomic mass is 32.2. The second-order valence-corrected chi connectivity index (χ2v) is 8.53. The molecule has 0 bridgehead atoms. The number of sulfonamides is 1. The van der Waals surface area contributed by atoms with E-state index >= 15 is 0 Å². The monoisotopic (exact) mass is 479 g/mol. The van der Waals surface area contributed by atoms with Gasteiger partial charge >= 0.3 is 6.03 Å². The van der Waals surface area contributed by atoms with Crippen LogP contribution in [0.3, 0.4) is 0 Å². The van der Waals surface area contributed by atoms with Gasteiger partial charge in [-0.2, -0.15) is 0 Å². The molecule has 2 aromatic rings. The number of hydrogen-bond acceptors (Lipinski definition) is 8. The van der Waals surface area contributed by atoms with Gasteiger partial charge in [-0.05, 0) is 37.6 Å². The van der Waals surface area contributed by atoms with Gasteiger partial charge in [0.25, 0.3) is 27.3 Å². The fourth-order valence-electron chi connectivity index (χ4n) is 2.71. The van der Waals surface area contributed by atoms with Gasteiger partial charge in [-0.3, -0.25) is 25.0 Å². The van der Waals surface area contributed by atoms with Crippen molar-refractivity contribution in [3.05, 3.63) is 67.8 Å². The third-order valence-electron chi connectivity index (χ3n) is 4.47. The Labute approximate surface area is 188 Å². The first-order valence-corrected chi connectivity index (χ1v) is 11.1. The minimum absolute atomic E-state index is 0.122. The van der Waals surface area contributed by atoms with Gasteiger partial charge in [0.1, 0.15) is 5.56 Å². The van der Waals surface area contributed by atoms with E-state index in [-0.39, 0.29) is 21.7 Å². The minimum atomic E-state index is -4.15. The van der Waals surface area contributed by atoms with Gasteiger partial charge in [-0.15, -0.1) is 0 Å². The summed E-state index contributed by atoms with van der Waals surface area (Å²) < 4.78 is 26.4. The average Bonchev–Trinajstić information content (AvgIpc) is 2.73. The van der Waals surface area contributed by atoms with Crippen LogP contribution >= 0.6 is 0 Å². The SMILES string of the molecule is CCCCNC(=O)NS(=O)(=O)c1ccc(NC(=O)c2cc([N+](=O)[O-])c(C)c([N+](=O)[O-])c2)cc1. The summed E-state index contributed by atoms with van der Waals surface area (Å²) in [5.41, 5.74) is -1.56. The van der Waals surface area contributed by atoms with Crippen LogP contribution in [0, 0.1) is 27.2 Å². The highest BCUT2D eigenvalue weighted by molar-refractivity contribution is 7.90. The van der Waals surface area contributed by atoms with Crippen LogP contribution in [0.2, 0.25) is 0 Å². The minimum Gasteiger partial charge on any atom is -0.337 e. The molecule has 0 saturated heterocycles. The summed E-state index contributed by atoms with van der Waals surface area (Å²) in [6, 6.07) is 5.70. The van der Waals surface area contributed by atoms with Crippen LogP contribution in [-0.4, -0.2) is 36.7 Å². The summed E-state index contributed by atoms with van der Waals surface area (Å²) in [4.78, 5) is 44.6. The molecule has 0 radical (unpaired) electrons. The molecule has 0 spiro atoms. The quantitative estimate of drug-likeness (QED) is 0.278. The Morgan fingerprint density at radius 1 is 1.00 bits per heavy atom. The number of nitrogens with zero attached hydrogens (tertiary/aromatic N) is 2. The first-order valence-electron chi connectivity index (χ1n) is 9.61. The number of carbonyl (C=O) groups excluding carboxylic acids is 2. The molecule has 0 atom stereocenters. The van der Waals surface area contributed by atoms with E-state index in [1.165, 1.54) is 19.1 Å². The second kappa shape index (κ2) is 10.5. The number of benzene rings is 2. The number of rotatable bonds is 9. The van der Waals surface area contributed by atoms with Crippen molar-refractivity contribution >= 4 is 39.0 Å². The normalized spacial score (nSPS) is 10.8. The van der Waals surface area contributed by atoms with Crippen LogP contribution < -0.4 is 15.4 Å². The van der Waals surface area contributed by atoms with Gasteiger partial charge in [0.05, 0.1) is 20.3 Å². The van der Waals surface area contributed by atoms with Crippen LogP contribution in [0.25, 0.3) is 0 Å².